The van der Waals surface area contributed by atoms with E-state index in [1.807, 2.05) is 24.3 Å². The lowest BCUT2D eigenvalue weighted by atomic mass is 10.2. The van der Waals surface area contributed by atoms with E-state index in [9.17, 15) is 5.21 Å². The monoisotopic (exact) mass is 162 g/mol. The fourth-order valence-electron chi connectivity index (χ4n) is 1.32. The van der Waals surface area contributed by atoms with E-state index in [0.29, 0.717) is 0 Å². The summed E-state index contributed by atoms with van der Waals surface area (Å²) in [5.41, 5.74) is 1.83. The van der Waals surface area contributed by atoms with Gasteiger partial charge in [-0.1, -0.05) is 18.2 Å². The highest BCUT2D eigenvalue weighted by atomic mass is 16.5. The third kappa shape index (κ3) is 0.950. The molecule has 0 fully saturated rings. The van der Waals surface area contributed by atoms with Crippen molar-refractivity contribution in [1.29, 1.82) is 0 Å². The molecule has 0 amide bonds. The van der Waals surface area contributed by atoms with Crippen molar-refractivity contribution in [3.8, 4) is 0 Å². The molecule has 0 unspecified atom stereocenters. The predicted molar refractivity (Wildman–Crippen MR) is 48.5 cm³/mol. The molecule has 1 heterocycles. The summed E-state index contributed by atoms with van der Waals surface area (Å²) in [6.07, 6.45) is 1.78. The van der Waals surface area contributed by atoms with Gasteiger partial charge in [0.15, 0.2) is 0 Å². The predicted octanol–water partition coefficient (Wildman–Crippen LogP) is 1.99. The summed E-state index contributed by atoms with van der Waals surface area (Å²) < 4.78 is 0. The summed E-state index contributed by atoms with van der Waals surface area (Å²) in [5, 5.41) is 11.4. The van der Waals surface area contributed by atoms with Crippen LogP contribution in [0.15, 0.2) is 30.5 Å². The van der Waals surface area contributed by atoms with Gasteiger partial charge in [-0.25, -0.2) is 0 Å². The van der Waals surface area contributed by atoms with Crippen LogP contribution in [0.3, 0.4) is 0 Å². The smallest absolute Gasteiger partial charge is 0.0883 e. The summed E-state index contributed by atoms with van der Waals surface area (Å²) >= 11 is 0. The quantitative estimate of drug-likeness (QED) is 0.629. The number of nitrogens with zero attached hydrogens (tertiary/aromatic N) is 1. The lowest BCUT2D eigenvalue weighted by Crippen LogP contribution is -2.08. The largest absolute Gasteiger partial charge is 0.359 e. The normalized spacial score (nSPS) is 10.5. The van der Waals surface area contributed by atoms with Gasteiger partial charge in [0.25, 0.3) is 0 Å². The van der Waals surface area contributed by atoms with Gasteiger partial charge in [-0.3, -0.25) is 10.3 Å². The second-order valence-corrected chi connectivity index (χ2v) is 2.74. The lowest BCUT2D eigenvalue weighted by Gasteiger charge is -2.07. The number of H-pyrrole nitrogens is 1. The molecule has 62 valence electrons. The average Bonchev–Trinajstić information content (AvgIpc) is 2.47. The minimum absolute atomic E-state index is 0.797. The van der Waals surface area contributed by atoms with Crippen molar-refractivity contribution >= 4 is 16.6 Å². The molecule has 0 saturated heterocycles. The van der Waals surface area contributed by atoms with Crippen molar-refractivity contribution in [2.45, 2.75) is 0 Å². The number of benzene rings is 1. The van der Waals surface area contributed by atoms with E-state index < -0.39 is 0 Å². The van der Waals surface area contributed by atoms with E-state index in [4.69, 9.17) is 0 Å². The van der Waals surface area contributed by atoms with E-state index in [2.05, 4.69) is 4.98 Å². The Balaban J connectivity index is 2.70. The molecule has 0 radical (unpaired) electrons. The first-order valence-corrected chi connectivity index (χ1v) is 3.78. The maximum Gasteiger partial charge on any atom is 0.0883 e. The van der Waals surface area contributed by atoms with Crippen LogP contribution >= 0.6 is 0 Å². The molecule has 0 bridgehead atoms. The van der Waals surface area contributed by atoms with E-state index in [1.54, 1.807) is 13.2 Å². The maximum absolute atomic E-state index is 9.22. The zero-order chi connectivity index (χ0) is 8.55. The Morgan fingerprint density at radius 2 is 2.08 bits per heavy atom. The Bertz CT molecular complexity index is 392. The summed E-state index contributed by atoms with van der Waals surface area (Å²) in [4.78, 5) is 3.07. The molecule has 0 aliphatic heterocycles. The summed E-state index contributed by atoms with van der Waals surface area (Å²) in [6, 6.07) is 7.85. The molecule has 0 saturated carbocycles. The van der Waals surface area contributed by atoms with Crippen molar-refractivity contribution in [1.82, 2.24) is 4.98 Å². The van der Waals surface area contributed by atoms with Gasteiger partial charge in [0, 0.05) is 24.1 Å². The molecule has 1 aromatic heterocycles. The van der Waals surface area contributed by atoms with Gasteiger partial charge in [-0.05, 0) is 6.07 Å². The minimum Gasteiger partial charge on any atom is -0.359 e. The standard InChI is InChI=1S/C9H10N2O/c1-11(12)9-6-10-8-5-3-2-4-7(8)9/h2-6,10,12H,1H3. The van der Waals surface area contributed by atoms with Gasteiger partial charge in [-0.2, -0.15) is 0 Å². The van der Waals surface area contributed by atoms with Crippen molar-refractivity contribution in [3.05, 3.63) is 30.5 Å². The van der Waals surface area contributed by atoms with Gasteiger partial charge >= 0.3 is 0 Å². The Hall–Kier alpha value is -1.48. The van der Waals surface area contributed by atoms with E-state index in [1.165, 1.54) is 0 Å². The number of rotatable bonds is 1. The van der Waals surface area contributed by atoms with Crippen molar-refractivity contribution in [2.24, 2.45) is 0 Å². The molecule has 3 nitrogen and oxygen atoms in total. The molecule has 0 atom stereocenters. The highest BCUT2D eigenvalue weighted by Gasteiger charge is 2.03. The van der Waals surface area contributed by atoms with Gasteiger partial charge < -0.3 is 4.98 Å². The highest BCUT2D eigenvalue weighted by molar-refractivity contribution is 5.92. The first-order chi connectivity index (χ1) is 5.79. The van der Waals surface area contributed by atoms with Gasteiger partial charge in [-0.15, -0.1) is 0 Å². The van der Waals surface area contributed by atoms with Gasteiger partial charge in [0.1, 0.15) is 0 Å². The zero-order valence-corrected chi connectivity index (χ0v) is 6.78. The number of hydroxylamine groups is 1. The molecular formula is C9H10N2O. The second kappa shape index (κ2) is 2.53. The number of hydrogen-bond donors (Lipinski definition) is 2. The summed E-state index contributed by atoms with van der Waals surface area (Å²) in [5.74, 6) is 0. The van der Waals surface area contributed by atoms with E-state index in [-0.39, 0.29) is 0 Å². The number of aromatic amines is 1. The average molecular weight is 162 g/mol. The van der Waals surface area contributed by atoms with Crippen LogP contribution in [-0.4, -0.2) is 17.2 Å². The maximum atomic E-state index is 9.22. The molecule has 0 aliphatic carbocycles. The van der Waals surface area contributed by atoms with Crippen LogP contribution in [0, 0.1) is 0 Å². The minimum atomic E-state index is 0.797. The molecular weight excluding hydrogens is 152 g/mol. The highest BCUT2D eigenvalue weighted by Crippen LogP contribution is 2.23. The molecule has 0 spiro atoms. The number of anilines is 1. The Labute approximate surface area is 70.2 Å². The van der Waals surface area contributed by atoms with Crippen LogP contribution in [0.5, 0.6) is 0 Å². The molecule has 2 aromatic rings. The fraction of sp³-hybridized carbons (Fsp3) is 0.111. The first kappa shape index (κ1) is 7.18. The third-order valence-electron chi connectivity index (χ3n) is 1.92. The number of para-hydroxylation sites is 1. The molecule has 2 N–H and O–H groups in total. The number of nitrogens with one attached hydrogen (secondary N) is 1. The van der Waals surface area contributed by atoms with Gasteiger partial charge in [0.05, 0.1) is 5.69 Å². The second-order valence-electron chi connectivity index (χ2n) is 2.74. The topological polar surface area (TPSA) is 39.3 Å². The van der Waals surface area contributed by atoms with Crippen LogP contribution in [0.2, 0.25) is 0 Å². The van der Waals surface area contributed by atoms with E-state index >= 15 is 0 Å². The van der Waals surface area contributed by atoms with Crippen LogP contribution in [0.1, 0.15) is 0 Å². The van der Waals surface area contributed by atoms with Crippen LogP contribution in [0.25, 0.3) is 10.9 Å². The van der Waals surface area contributed by atoms with E-state index in [0.717, 1.165) is 21.7 Å². The third-order valence-corrected chi connectivity index (χ3v) is 1.92. The van der Waals surface area contributed by atoms with Gasteiger partial charge in [0.2, 0.25) is 0 Å². The number of fused-ring (bicyclic) bond motifs is 1. The molecule has 1 aromatic carbocycles. The molecule has 2 rings (SSSR count). The Morgan fingerprint density at radius 1 is 1.33 bits per heavy atom. The van der Waals surface area contributed by atoms with Crippen LogP contribution < -0.4 is 5.06 Å². The summed E-state index contributed by atoms with van der Waals surface area (Å²) in [6.45, 7) is 0. The molecule has 0 aliphatic rings. The zero-order valence-electron chi connectivity index (χ0n) is 6.78. The van der Waals surface area contributed by atoms with Crippen molar-refractivity contribution in [3.63, 3.8) is 0 Å². The number of aromatic nitrogens is 1. The van der Waals surface area contributed by atoms with Crippen molar-refractivity contribution in [2.75, 3.05) is 12.1 Å². The van der Waals surface area contributed by atoms with Crippen LogP contribution in [0.4, 0.5) is 5.69 Å². The fourth-order valence-corrected chi connectivity index (χ4v) is 1.32. The molecule has 3 heteroatoms. The molecule has 12 heavy (non-hydrogen) atoms. The Morgan fingerprint density at radius 3 is 2.83 bits per heavy atom. The number of hydrogen-bond acceptors (Lipinski definition) is 2. The van der Waals surface area contributed by atoms with Crippen LogP contribution in [-0.2, 0) is 0 Å². The Kier molecular flexibility index (Phi) is 1.52. The SMILES string of the molecule is CN(O)c1c[nH]c2ccccc12. The first-order valence-electron chi connectivity index (χ1n) is 3.78. The van der Waals surface area contributed by atoms with Crippen molar-refractivity contribution < 1.29 is 5.21 Å². The lowest BCUT2D eigenvalue weighted by molar-refractivity contribution is 0.280. The summed E-state index contributed by atoms with van der Waals surface area (Å²) in [7, 11) is 1.61.